The maximum Gasteiger partial charge on any atom is 0.0897 e. The average Bonchev–Trinajstić information content (AvgIpc) is 1.33. The van der Waals surface area contributed by atoms with Crippen LogP contribution in [-0.4, -0.2) is 0 Å². The van der Waals surface area contributed by atoms with Crippen LogP contribution in [0.1, 0.15) is 13.8 Å². The van der Waals surface area contributed by atoms with E-state index in [1.807, 2.05) is 6.92 Å². The Morgan fingerprint density at radius 3 is 1.71 bits per heavy atom. The van der Waals surface area contributed by atoms with Gasteiger partial charge in [-0.3, -0.25) is 0 Å². The Labute approximate surface area is 44.4 Å². The van der Waals surface area contributed by atoms with E-state index >= 15 is 0 Å². The Hall–Kier alpha value is -0.590. The lowest BCUT2D eigenvalue weighted by atomic mass is 10.7. The van der Waals surface area contributed by atoms with Crippen molar-refractivity contribution in [1.82, 2.24) is 0 Å². The molecule has 0 bridgehead atoms. The van der Waals surface area contributed by atoms with Gasteiger partial charge < -0.3 is 0 Å². The van der Waals surface area contributed by atoms with Crippen LogP contribution in [0.25, 0.3) is 0 Å². The molecule has 0 saturated heterocycles. The minimum atomic E-state index is -0.333. The highest BCUT2D eigenvalue weighted by atomic mass is 19.1. The number of allylic oxidation sites excluding steroid dienone is 2. The Kier molecular flexibility index (Phi) is 12.5. The molecule has 0 rings (SSSR count). The second-order valence-corrected chi connectivity index (χ2v) is 1.08. The van der Waals surface area contributed by atoms with Crippen LogP contribution in [0.3, 0.4) is 0 Å². The molecule has 0 saturated carbocycles. The third-order valence-electron chi connectivity index (χ3n) is 0. The molecule has 0 radical (unpaired) electrons. The van der Waals surface area contributed by atoms with Gasteiger partial charge in [-0.2, -0.15) is 0 Å². The van der Waals surface area contributed by atoms with Crippen molar-refractivity contribution in [1.29, 1.82) is 0 Å². The minimum absolute atomic E-state index is 0.333. The lowest BCUT2D eigenvalue weighted by Gasteiger charge is -1.59. The molecule has 0 atom stereocenters. The summed E-state index contributed by atoms with van der Waals surface area (Å²) in [4.78, 5) is 0. The van der Waals surface area contributed by atoms with Gasteiger partial charge in [-0.1, -0.05) is 12.7 Å². The summed E-state index contributed by atoms with van der Waals surface area (Å²) in [5, 5.41) is 0. The van der Waals surface area contributed by atoms with E-state index < -0.39 is 0 Å². The van der Waals surface area contributed by atoms with Gasteiger partial charge in [0.1, 0.15) is 0 Å². The summed E-state index contributed by atoms with van der Waals surface area (Å²) in [5.74, 6) is -0.333. The van der Waals surface area contributed by atoms with E-state index in [1.165, 1.54) is 6.92 Å². The summed E-state index contributed by atoms with van der Waals surface area (Å²) in [6, 6.07) is 0. The summed E-state index contributed by atoms with van der Waals surface area (Å²) in [6.45, 7) is 9.44. The maximum atomic E-state index is 10.8. The molecule has 0 unspecified atom stereocenters. The summed E-state index contributed by atoms with van der Waals surface area (Å²) in [6.07, 6.45) is 1.75. The zero-order chi connectivity index (χ0) is 6.28. The SMILES string of the molecule is C=C(C)F.C=CC. The van der Waals surface area contributed by atoms with E-state index in [2.05, 4.69) is 13.2 Å². The summed E-state index contributed by atoms with van der Waals surface area (Å²) in [7, 11) is 0. The van der Waals surface area contributed by atoms with Crippen molar-refractivity contribution in [3.05, 3.63) is 25.1 Å². The van der Waals surface area contributed by atoms with Gasteiger partial charge in [-0.25, -0.2) is 4.39 Å². The minimum Gasteiger partial charge on any atom is -0.213 e. The zero-order valence-corrected chi connectivity index (χ0v) is 4.87. The van der Waals surface area contributed by atoms with Crippen LogP contribution in [0.2, 0.25) is 0 Å². The molecule has 0 spiro atoms. The van der Waals surface area contributed by atoms with Crippen molar-refractivity contribution in [2.45, 2.75) is 13.8 Å². The number of hydrogen-bond donors (Lipinski definition) is 0. The smallest absolute Gasteiger partial charge is 0.0897 e. The maximum absolute atomic E-state index is 10.8. The van der Waals surface area contributed by atoms with E-state index in [0.29, 0.717) is 0 Å². The summed E-state index contributed by atoms with van der Waals surface area (Å²) in [5.41, 5.74) is 0. The molecule has 42 valence electrons. The van der Waals surface area contributed by atoms with Crippen LogP contribution in [0.15, 0.2) is 25.1 Å². The van der Waals surface area contributed by atoms with Crippen LogP contribution < -0.4 is 0 Å². The third-order valence-corrected chi connectivity index (χ3v) is 0. The Morgan fingerprint density at radius 2 is 1.71 bits per heavy atom. The number of hydrogen-bond acceptors (Lipinski definition) is 0. The van der Waals surface area contributed by atoms with Gasteiger partial charge in [0, 0.05) is 0 Å². The first-order valence-electron chi connectivity index (χ1n) is 2.03. The molecule has 0 aromatic carbocycles. The summed E-state index contributed by atoms with van der Waals surface area (Å²) >= 11 is 0. The lowest BCUT2D eigenvalue weighted by molar-refractivity contribution is 0.645. The van der Waals surface area contributed by atoms with Crippen molar-refractivity contribution in [3.63, 3.8) is 0 Å². The molecular formula is C6H11F. The van der Waals surface area contributed by atoms with Gasteiger partial charge in [-0.15, -0.1) is 6.58 Å². The molecule has 0 nitrogen and oxygen atoms in total. The molecule has 0 aliphatic heterocycles. The largest absolute Gasteiger partial charge is 0.213 e. The summed E-state index contributed by atoms with van der Waals surface area (Å²) < 4.78 is 10.8. The Morgan fingerprint density at radius 1 is 1.71 bits per heavy atom. The van der Waals surface area contributed by atoms with Crippen LogP contribution >= 0.6 is 0 Å². The molecule has 0 N–H and O–H groups in total. The fourth-order valence-electron chi connectivity index (χ4n) is 0. The average molecular weight is 102 g/mol. The van der Waals surface area contributed by atoms with Gasteiger partial charge >= 0.3 is 0 Å². The van der Waals surface area contributed by atoms with Crippen molar-refractivity contribution in [2.75, 3.05) is 0 Å². The highest BCUT2D eigenvalue weighted by Crippen LogP contribution is 1.80. The molecule has 0 aliphatic rings. The molecule has 7 heavy (non-hydrogen) atoms. The predicted octanol–water partition coefficient (Wildman–Crippen LogP) is 2.68. The molecule has 0 aliphatic carbocycles. The van der Waals surface area contributed by atoms with Crippen LogP contribution in [0.4, 0.5) is 4.39 Å². The molecule has 0 heterocycles. The van der Waals surface area contributed by atoms with Crippen molar-refractivity contribution in [2.24, 2.45) is 0 Å². The molecule has 0 aromatic heterocycles. The quantitative estimate of drug-likeness (QED) is 0.412. The van der Waals surface area contributed by atoms with Crippen molar-refractivity contribution in [3.8, 4) is 0 Å². The van der Waals surface area contributed by atoms with Gasteiger partial charge in [0.05, 0.1) is 5.83 Å². The van der Waals surface area contributed by atoms with E-state index in [-0.39, 0.29) is 5.83 Å². The van der Waals surface area contributed by atoms with E-state index in [1.54, 1.807) is 6.08 Å². The topological polar surface area (TPSA) is 0 Å². The van der Waals surface area contributed by atoms with Gasteiger partial charge in [-0.05, 0) is 13.8 Å². The monoisotopic (exact) mass is 102 g/mol. The first-order valence-corrected chi connectivity index (χ1v) is 2.03. The van der Waals surface area contributed by atoms with Gasteiger partial charge in [0.15, 0.2) is 0 Å². The Bertz CT molecular complexity index is 51.2. The Balaban J connectivity index is 0. The van der Waals surface area contributed by atoms with Crippen LogP contribution in [-0.2, 0) is 0 Å². The fraction of sp³-hybridized carbons (Fsp3) is 0.333. The highest BCUT2D eigenvalue weighted by Gasteiger charge is 1.58. The first kappa shape index (κ1) is 9.65. The normalized spacial score (nSPS) is 5.57. The van der Waals surface area contributed by atoms with Crippen molar-refractivity contribution >= 4 is 0 Å². The second kappa shape index (κ2) is 9.05. The molecule has 0 fully saturated rings. The molecule has 0 aromatic rings. The predicted molar refractivity (Wildman–Crippen MR) is 31.8 cm³/mol. The fourth-order valence-corrected chi connectivity index (χ4v) is 0. The zero-order valence-electron chi connectivity index (χ0n) is 4.87. The second-order valence-electron chi connectivity index (χ2n) is 1.08. The third kappa shape index (κ3) is 181. The van der Waals surface area contributed by atoms with Crippen LogP contribution in [0.5, 0.6) is 0 Å². The molecular weight excluding hydrogens is 91.1 g/mol. The van der Waals surface area contributed by atoms with E-state index in [4.69, 9.17) is 0 Å². The van der Waals surface area contributed by atoms with E-state index in [0.717, 1.165) is 0 Å². The lowest BCUT2D eigenvalue weighted by Crippen LogP contribution is -1.38. The molecule has 1 heteroatoms. The first-order chi connectivity index (χ1) is 3.15. The molecule has 0 amide bonds. The number of halogens is 1. The van der Waals surface area contributed by atoms with E-state index in [9.17, 15) is 4.39 Å². The van der Waals surface area contributed by atoms with Crippen LogP contribution in [0, 0.1) is 0 Å². The van der Waals surface area contributed by atoms with Gasteiger partial charge in [0.2, 0.25) is 0 Å². The van der Waals surface area contributed by atoms with Crippen molar-refractivity contribution < 1.29 is 4.39 Å². The standard InChI is InChI=1S/C3H5F.C3H6/c1-3(2)4;1-3-2/h1H2,2H3;3H,1H2,2H3. The van der Waals surface area contributed by atoms with Gasteiger partial charge in [0.25, 0.3) is 0 Å². The number of rotatable bonds is 0. The highest BCUT2D eigenvalue weighted by molar-refractivity contribution is 4.68.